The topological polar surface area (TPSA) is 92.7 Å². The lowest BCUT2D eigenvalue weighted by atomic mass is 10.2. The number of nitrogens with one attached hydrogen (secondary N) is 1. The maximum atomic E-state index is 12.4. The number of carbonyl (C=O) groups is 1. The molecule has 0 aliphatic heterocycles. The van der Waals surface area contributed by atoms with E-state index < -0.39 is 16.0 Å². The van der Waals surface area contributed by atoms with Gasteiger partial charge in [-0.05, 0) is 48.4 Å². The molecule has 0 bridgehead atoms. The molecule has 0 saturated heterocycles. The van der Waals surface area contributed by atoms with Crippen LogP contribution >= 0.6 is 11.8 Å². The minimum atomic E-state index is -3.52. The number of aryl methyl sites for hydroxylation is 1. The fraction of sp³-hybridized carbons (Fsp3) is 0.316. The van der Waals surface area contributed by atoms with Gasteiger partial charge < -0.3 is 9.84 Å². The van der Waals surface area contributed by atoms with Crippen LogP contribution < -0.4 is 9.46 Å². The minimum absolute atomic E-state index is 0.201. The summed E-state index contributed by atoms with van der Waals surface area (Å²) in [5, 5.41) is 8.40. The van der Waals surface area contributed by atoms with E-state index in [0.29, 0.717) is 12.2 Å². The van der Waals surface area contributed by atoms with Crippen molar-refractivity contribution in [3.05, 3.63) is 60.2 Å². The van der Waals surface area contributed by atoms with Gasteiger partial charge in [0.05, 0.1) is 10.3 Å². The number of thioether (sulfide) groups is 1. The van der Waals surface area contributed by atoms with Gasteiger partial charge in [-0.2, -0.15) is 4.72 Å². The fourth-order valence-corrected chi connectivity index (χ4v) is 4.98. The molecule has 0 spiro atoms. The number of hydrogen-bond donors (Lipinski definition) is 2. The predicted octanol–water partition coefficient (Wildman–Crippen LogP) is 3.14. The van der Waals surface area contributed by atoms with Crippen LogP contribution in [0.4, 0.5) is 0 Å². The first-order valence-corrected chi connectivity index (χ1v) is 11.1. The second kappa shape index (κ2) is 10.3. The van der Waals surface area contributed by atoms with Crippen LogP contribution in [0.15, 0.2) is 59.5 Å². The maximum absolute atomic E-state index is 12.4. The van der Waals surface area contributed by atoms with Crippen LogP contribution in [0.2, 0.25) is 0 Å². The Hall–Kier alpha value is -2.03. The maximum Gasteiger partial charge on any atom is 0.341 e. The van der Waals surface area contributed by atoms with Crippen molar-refractivity contribution < 1.29 is 23.1 Å². The highest BCUT2D eigenvalue weighted by Gasteiger charge is 2.18. The highest BCUT2D eigenvalue weighted by atomic mass is 32.2. The molecule has 0 aliphatic carbocycles. The summed E-state index contributed by atoms with van der Waals surface area (Å²) in [7, 11) is -3.52. The first-order chi connectivity index (χ1) is 12.9. The van der Waals surface area contributed by atoms with E-state index in [-0.39, 0.29) is 16.9 Å². The Labute approximate surface area is 164 Å². The summed E-state index contributed by atoms with van der Waals surface area (Å²) in [6.45, 7) is 1.58. The molecule has 8 heteroatoms. The average Bonchev–Trinajstić information content (AvgIpc) is 2.67. The van der Waals surface area contributed by atoms with Gasteiger partial charge in [-0.25, -0.2) is 13.2 Å². The summed E-state index contributed by atoms with van der Waals surface area (Å²) >= 11 is 1.56. The van der Waals surface area contributed by atoms with Crippen LogP contribution in [0.25, 0.3) is 0 Å². The number of rotatable bonds is 11. The average molecular weight is 410 g/mol. The lowest BCUT2D eigenvalue weighted by Crippen LogP contribution is -2.32. The molecule has 2 aromatic rings. The first-order valence-electron chi connectivity index (χ1n) is 8.53. The molecule has 2 rings (SSSR count). The van der Waals surface area contributed by atoms with Gasteiger partial charge in [-0.3, -0.25) is 0 Å². The molecule has 6 nitrogen and oxygen atoms in total. The Morgan fingerprint density at radius 1 is 1.15 bits per heavy atom. The molecule has 0 amide bonds. The molecule has 27 heavy (non-hydrogen) atoms. The van der Waals surface area contributed by atoms with Crippen molar-refractivity contribution in [2.45, 2.75) is 30.0 Å². The van der Waals surface area contributed by atoms with Gasteiger partial charge in [0.2, 0.25) is 10.0 Å². The zero-order valence-corrected chi connectivity index (χ0v) is 16.6. The van der Waals surface area contributed by atoms with Gasteiger partial charge >= 0.3 is 5.97 Å². The Bertz CT molecular complexity index is 823. The van der Waals surface area contributed by atoms with Gasteiger partial charge in [0.25, 0.3) is 0 Å². The summed E-state index contributed by atoms with van der Waals surface area (Å²) in [6, 6.07) is 15.6. The van der Waals surface area contributed by atoms with E-state index in [0.717, 1.165) is 17.7 Å². The summed E-state index contributed by atoms with van der Waals surface area (Å²) in [4.78, 5) is 10.8. The Morgan fingerprint density at radius 2 is 1.81 bits per heavy atom. The third-order valence-corrected chi connectivity index (χ3v) is 6.64. The number of sulfonamides is 1. The monoisotopic (exact) mass is 409 g/mol. The molecule has 0 aromatic heterocycles. The van der Waals surface area contributed by atoms with E-state index in [9.17, 15) is 13.2 Å². The lowest BCUT2D eigenvalue weighted by Gasteiger charge is -2.17. The standard InChI is InChI=1S/C19H23NO5S2/c1-2-18(20-27(23,24)17-6-4-3-5-7-17)26-13-12-15-8-10-16(11-9-15)25-14-19(21)22/h3-11,18,20H,2,12-14H2,1H3,(H,21,22). The highest BCUT2D eigenvalue weighted by molar-refractivity contribution is 8.00. The summed E-state index contributed by atoms with van der Waals surface area (Å²) in [6.07, 6.45) is 1.45. The van der Waals surface area contributed by atoms with Crippen molar-refractivity contribution in [2.24, 2.45) is 0 Å². The number of carboxylic acids is 1. The number of ether oxygens (including phenoxy) is 1. The fourth-order valence-electron chi connectivity index (χ4n) is 2.29. The molecule has 0 aliphatic rings. The van der Waals surface area contributed by atoms with Gasteiger partial charge in [-0.1, -0.05) is 37.3 Å². The third-order valence-electron chi connectivity index (χ3n) is 3.71. The molecule has 1 unspecified atom stereocenters. The van der Waals surface area contributed by atoms with Crippen LogP contribution in [0.3, 0.4) is 0 Å². The molecule has 0 radical (unpaired) electrons. The quantitative estimate of drug-likeness (QED) is 0.554. The van der Waals surface area contributed by atoms with Crippen molar-refractivity contribution in [2.75, 3.05) is 12.4 Å². The second-order valence-corrected chi connectivity index (χ2v) is 8.80. The predicted molar refractivity (Wildman–Crippen MR) is 107 cm³/mol. The molecule has 0 fully saturated rings. The van der Waals surface area contributed by atoms with Gasteiger partial charge in [0, 0.05) is 0 Å². The van der Waals surface area contributed by atoms with Crippen molar-refractivity contribution in [3.8, 4) is 5.75 Å². The SMILES string of the molecule is CCC(NS(=O)(=O)c1ccccc1)SCCc1ccc(OCC(=O)O)cc1. The molecule has 1 atom stereocenters. The van der Waals surface area contributed by atoms with E-state index >= 15 is 0 Å². The van der Waals surface area contributed by atoms with Crippen LogP contribution in [0.5, 0.6) is 5.75 Å². The number of hydrogen-bond acceptors (Lipinski definition) is 5. The zero-order valence-electron chi connectivity index (χ0n) is 15.0. The Morgan fingerprint density at radius 3 is 2.41 bits per heavy atom. The smallest absolute Gasteiger partial charge is 0.341 e. The van der Waals surface area contributed by atoms with Crippen LogP contribution in [0, 0.1) is 0 Å². The number of carboxylic acid groups (broad SMARTS) is 1. The molecule has 0 heterocycles. The molecule has 2 N–H and O–H groups in total. The molecule has 0 saturated carbocycles. The summed E-state index contributed by atoms with van der Waals surface area (Å²) in [5.41, 5.74) is 1.07. The van der Waals surface area contributed by atoms with Gasteiger partial charge in [0.1, 0.15) is 5.75 Å². The van der Waals surface area contributed by atoms with E-state index in [1.54, 1.807) is 54.2 Å². The zero-order chi connectivity index (χ0) is 19.7. The van der Waals surface area contributed by atoms with Gasteiger partial charge in [-0.15, -0.1) is 11.8 Å². The number of aliphatic carboxylic acids is 1. The van der Waals surface area contributed by atoms with E-state index in [2.05, 4.69) is 4.72 Å². The molecular formula is C19H23NO5S2. The van der Waals surface area contributed by atoms with Crippen molar-refractivity contribution in [1.82, 2.24) is 4.72 Å². The van der Waals surface area contributed by atoms with E-state index in [1.807, 2.05) is 19.1 Å². The molecular weight excluding hydrogens is 386 g/mol. The van der Waals surface area contributed by atoms with Gasteiger partial charge in [0.15, 0.2) is 6.61 Å². The van der Waals surface area contributed by atoms with Crippen LogP contribution in [-0.2, 0) is 21.2 Å². The van der Waals surface area contributed by atoms with E-state index in [1.165, 1.54) is 0 Å². The summed E-state index contributed by atoms with van der Waals surface area (Å²) in [5.74, 6) is 0.250. The van der Waals surface area contributed by atoms with Crippen LogP contribution in [0.1, 0.15) is 18.9 Å². The van der Waals surface area contributed by atoms with Crippen molar-refractivity contribution in [1.29, 1.82) is 0 Å². The highest BCUT2D eigenvalue weighted by Crippen LogP contribution is 2.19. The normalized spacial score (nSPS) is 12.5. The van der Waals surface area contributed by atoms with Crippen molar-refractivity contribution >= 4 is 27.8 Å². The van der Waals surface area contributed by atoms with Crippen molar-refractivity contribution in [3.63, 3.8) is 0 Å². The van der Waals surface area contributed by atoms with Crippen LogP contribution in [-0.4, -0.2) is 37.2 Å². The largest absolute Gasteiger partial charge is 0.482 e. The molecule has 2 aromatic carbocycles. The first kappa shape index (κ1) is 21.3. The molecule has 146 valence electrons. The lowest BCUT2D eigenvalue weighted by molar-refractivity contribution is -0.139. The summed E-state index contributed by atoms with van der Waals surface area (Å²) < 4.78 is 32.6. The third kappa shape index (κ3) is 7.24. The number of benzene rings is 2. The minimum Gasteiger partial charge on any atom is -0.482 e. The second-order valence-electron chi connectivity index (χ2n) is 5.78. The Kier molecular flexibility index (Phi) is 8.15. The van der Waals surface area contributed by atoms with E-state index in [4.69, 9.17) is 9.84 Å². The Balaban J connectivity index is 1.83.